The number of benzene rings is 2. The van der Waals surface area contributed by atoms with Gasteiger partial charge in [0.1, 0.15) is 17.5 Å². The van der Waals surface area contributed by atoms with Crippen LogP contribution in [0.4, 0.5) is 18.0 Å². The summed E-state index contributed by atoms with van der Waals surface area (Å²) in [5.74, 6) is -2.29. The fourth-order valence-corrected chi connectivity index (χ4v) is 6.77. The third-order valence-corrected chi connectivity index (χ3v) is 8.85. The molecule has 2 N–H and O–H groups in total. The van der Waals surface area contributed by atoms with Crippen LogP contribution in [0.5, 0.6) is 0 Å². The highest BCUT2D eigenvalue weighted by atomic mass is 32.2. The predicted molar refractivity (Wildman–Crippen MR) is 121 cm³/mol. The number of likely N-dealkylation sites (tertiary alicyclic amines) is 1. The van der Waals surface area contributed by atoms with Crippen molar-refractivity contribution in [1.82, 2.24) is 14.9 Å². The second-order valence-corrected chi connectivity index (χ2v) is 11.3. The molecule has 1 saturated heterocycles. The van der Waals surface area contributed by atoms with Crippen LogP contribution < -0.4 is 10.0 Å². The third-order valence-electron chi connectivity index (χ3n) is 6.90. The fourth-order valence-electron chi connectivity index (χ4n) is 5.10. The number of hydrogen-bond acceptors (Lipinski definition) is 3. The van der Waals surface area contributed by atoms with Crippen molar-refractivity contribution in [2.75, 3.05) is 6.54 Å². The summed E-state index contributed by atoms with van der Waals surface area (Å²) in [7, 11) is -3.52. The summed E-state index contributed by atoms with van der Waals surface area (Å²) >= 11 is 0. The number of nitrogens with zero attached hydrogens (tertiary/aromatic N) is 1. The minimum absolute atomic E-state index is 0.0234. The Balaban J connectivity index is 1.48. The number of urea groups is 1. The van der Waals surface area contributed by atoms with Gasteiger partial charge in [-0.3, -0.25) is 0 Å². The van der Waals surface area contributed by atoms with Gasteiger partial charge < -0.3 is 10.2 Å². The quantitative estimate of drug-likeness (QED) is 0.619. The maximum atomic E-state index is 15.6. The van der Waals surface area contributed by atoms with Crippen LogP contribution in [0.1, 0.15) is 31.7 Å². The zero-order valence-corrected chi connectivity index (χ0v) is 19.4. The monoisotopic (exact) mass is 493 g/mol. The molecule has 3 aliphatic rings. The van der Waals surface area contributed by atoms with Gasteiger partial charge >= 0.3 is 6.03 Å². The maximum absolute atomic E-state index is 15.6. The number of fused-ring (bicyclic) bond motifs is 1. The van der Waals surface area contributed by atoms with Crippen LogP contribution >= 0.6 is 0 Å². The average Bonchev–Trinajstić information content (AvgIpc) is 3.67. The number of nitrogens with one attached hydrogen (secondary N) is 2. The molecule has 2 saturated carbocycles. The van der Waals surface area contributed by atoms with Crippen LogP contribution in [0.3, 0.4) is 0 Å². The van der Waals surface area contributed by atoms with Gasteiger partial charge in [0.2, 0.25) is 10.0 Å². The highest BCUT2D eigenvalue weighted by Gasteiger charge is 2.61. The van der Waals surface area contributed by atoms with E-state index in [0.29, 0.717) is 25.8 Å². The number of amides is 2. The number of carbonyl (C=O) groups is 1. The molecular formula is C24H26F3N3O3S. The first-order valence-electron chi connectivity index (χ1n) is 11.5. The smallest absolute Gasteiger partial charge is 0.317 e. The minimum atomic E-state index is -3.52. The van der Waals surface area contributed by atoms with Gasteiger partial charge in [0.15, 0.2) is 0 Å². The van der Waals surface area contributed by atoms with E-state index in [4.69, 9.17) is 0 Å². The standard InChI is InChI=1S/C24H26F3N3O3S/c1-2-28-24(31)30-20-12-19(20)23(29-34(32,33)17-6-7-17)21(30)10-13-4-3-5-18(22(13)27)14-8-15(25)11-16(26)9-14/h3-5,8-9,11,17,19-21,23,29H,2,6-7,10,12H2,1H3,(H,28,31)/t19-,20+,21+,23+/m0/s1. The molecule has 1 aliphatic heterocycles. The summed E-state index contributed by atoms with van der Waals surface area (Å²) in [4.78, 5) is 14.5. The van der Waals surface area contributed by atoms with Crippen LogP contribution in [0.2, 0.25) is 0 Å². The molecule has 0 radical (unpaired) electrons. The lowest BCUT2D eigenvalue weighted by Crippen LogP contribution is -2.53. The zero-order chi connectivity index (χ0) is 24.2. The number of hydrogen-bond donors (Lipinski definition) is 2. The van der Waals surface area contributed by atoms with E-state index in [0.717, 1.165) is 18.2 Å². The average molecular weight is 494 g/mol. The first-order valence-corrected chi connectivity index (χ1v) is 13.1. The van der Waals surface area contributed by atoms with Gasteiger partial charge in [-0.1, -0.05) is 18.2 Å². The summed E-state index contributed by atoms with van der Waals surface area (Å²) in [6.07, 6.45) is 1.99. The summed E-state index contributed by atoms with van der Waals surface area (Å²) in [5.41, 5.74) is 0.356. The first-order chi connectivity index (χ1) is 16.2. The highest BCUT2D eigenvalue weighted by molar-refractivity contribution is 7.90. The SMILES string of the molecule is CCNC(=O)N1[C@@H]2C[C@@H]2[C@@H](NS(=O)(=O)C2CC2)[C@H]1Cc1cccc(-c2cc(F)cc(F)c2)c1F. The van der Waals surface area contributed by atoms with E-state index in [1.165, 1.54) is 6.07 Å². The van der Waals surface area contributed by atoms with Crippen molar-refractivity contribution in [3.8, 4) is 11.1 Å². The molecule has 0 unspecified atom stereocenters. The molecule has 5 rings (SSSR count). The van der Waals surface area contributed by atoms with Crippen molar-refractivity contribution in [2.24, 2.45) is 5.92 Å². The Morgan fingerprint density at radius 3 is 2.47 bits per heavy atom. The number of halogens is 3. The van der Waals surface area contributed by atoms with E-state index in [1.54, 1.807) is 24.0 Å². The van der Waals surface area contributed by atoms with Gasteiger partial charge in [0, 0.05) is 30.3 Å². The molecule has 0 aromatic heterocycles. The van der Waals surface area contributed by atoms with Gasteiger partial charge in [-0.2, -0.15) is 0 Å². The zero-order valence-electron chi connectivity index (χ0n) is 18.6. The summed E-state index contributed by atoms with van der Waals surface area (Å²) in [6.45, 7) is 2.20. The molecule has 1 heterocycles. The Morgan fingerprint density at radius 1 is 1.12 bits per heavy atom. The molecule has 4 atom stereocenters. The van der Waals surface area contributed by atoms with Gasteiger partial charge in [-0.25, -0.2) is 31.1 Å². The topological polar surface area (TPSA) is 78.5 Å². The summed E-state index contributed by atoms with van der Waals surface area (Å²) in [6, 6.07) is 5.90. The number of sulfonamides is 1. The molecule has 182 valence electrons. The van der Waals surface area contributed by atoms with Gasteiger partial charge in [0.25, 0.3) is 0 Å². The van der Waals surface area contributed by atoms with Crippen LogP contribution in [0, 0.1) is 23.4 Å². The van der Waals surface area contributed by atoms with Gasteiger partial charge in [0.05, 0.1) is 11.3 Å². The van der Waals surface area contributed by atoms with E-state index >= 15 is 4.39 Å². The lowest BCUT2D eigenvalue weighted by Gasteiger charge is -2.32. The van der Waals surface area contributed by atoms with Crippen LogP contribution in [-0.4, -0.2) is 49.3 Å². The van der Waals surface area contributed by atoms with Gasteiger partial charge in [-0.05, 0) is 61.8 Å². The minimum Gasteiger partial charge on any atom is -0.338 e. The summed E-state index contributed by atoms with van der Waals surface area (Å²) in [5, 5.41) is 2.37. The third kappa shape index (κ3) is 4.29. The maximum Gasteiger partial charge on any atom is 0.317 e. The van der Waals surface area contributed by atoms with Crippen LogP contribution in [0.15, 0.2) is 36.4 Å². The largest absolute Gasteiger partial charge is 0.338 e. The van der Waals surface area contributed by atoms with E-state index < -0.39 is 44.8 Å². The number of rotatable bonds is 7. The van der Waals surface area contributed by atoms with E-state index in [1.807, 2.05) is 0 Å². The lowest BCUT2D eigenvalue weighted by atomic mass is 9.94. The Kier molecular flexibility index (Phi) is 5.84. The molecule has 2 aliphatic carbocycles. The summed E-state index contributed by atoms with van der Waals surface area (Å²) < 4.78 is 71.3. The van der Waals surface area contributed by atoms with Crippen molar-refractivity contribution in [3.63, 3.8) is 0 Å². The Morgan fingerprint density at radius 2 is 1.82 bits per heavy atom. The normalized spacial score (nSPS) is 25.8. The molecule has 0 bridgehead atoms. The Hall–Kier alpha value is -2.59. The molecule has 3 fully saturated rings. The molecule has 2 aromatic carbocycles. The van der Waals surface area contributed by atoms with Crippen LogP contribution in [-0.2, 0) is 16.4 Å². The fraction of sp³-hybridized carbons (Fsp3) is 0.458. The van der Waals surface area contributed by atoms with Crippen molar-refractivity contribution < 1.29 is 26.4 Å². The first kappa shape index (κ1) is 23.2. The number of piperidine rings is 1. The molecule has 6 nitrogen and oxygen atoms in total. The van der Waals surface area contributed by atoms with E-state index in [2.05, 4.69) is 10.0 Å². The Labute approximate surface area is 196 Å². The second-order valence-electron chi connectivity index (χ2n) is 9.31. The lowest BCUT2D eigenvalue weighted by molar-refractivity contribution is 0.176. The van der Waals surface area contributed by atoms with Crippen molar-refractivity contribution in [2.45, 2.75) is 56.0 Å². The molecule has 2 aromatic rings. The molecule has 2 amide bonds. The van der Waals surface area contributed by atoms with E-state index in [-0.39, 0.29) is 41.1 Å². The molecule has 10 heteroatoms. The van der Waals surface area contributed by atoms with Crippen molar-refractivity contribution >= 4 is 16.1 Å². The molecule has 34 heavy (non-hydrogen) atoms. The van der Waals surface area contributed by atoms with Crippen molar-refractivity contribution in [3.05, 3.63) is 59.4 Å². The Bertz CT molecular complexity index is 1210. The van der Waals surface area contributed by atoms with Crippen LogP contribution in [0.25, 0.3) is 11.1 Å². The van der Waals surface area contributed by atoms with Gasteiger partial charge in [-0.15, -0.1) is 0 Å². The molecule has 0 spiro atoms. The predicted octanol–water partition coefficient (Wildman–Crippen LogP) is 3.57. The highest BCUT2D eigenvalue weighted by Crippen LogP contribution is 2.49. The number of carbonyl (C=O) groups excluding carboxylic acids is 1. The van der Waals surface area contributed by atoms with Crippen molar-refractivity contribution in [1.29, 1.82) is 0 Å². The molecular weight excluding hydrogens is 467 g/mol. The second kappa shape index (κ2) is 8.57. The van der Waals surface area contributed by atoms with E-state index in [9.17, 15) is 22.0 Å².